The Hall–Kier alpha value is -1.88. The lowest BCUT2D eigenvalue weighted by Gasteiger charge is -2.30. The van der Waals surface area contributed by atoms with E-state index >= 15 is 0 Å². The van der Waals surface area contributed by atoms with E-state index in [1.807, 2.05) is 26.1 Å². The van der Waals surface area contributed by atoms with E-state index < -0.39 is 5.60 Å². The molecule has 2 heterocycles. The first-order chi connectivity index (χ1) is 9.36. The maximum absolute atomic E-state index is 10.5. The Kier molecular flexibility index (Phi) is 3.81. The predicted octanol–water partition coefficient (Wildman–Crippen LogP) is 2.26. The molecule has 0 aliphatic heterocycles. The third-order valence-electron chi connectivity index (χ3n) is 3.40. The minimum absolute atomic E-state index is 0.369. The molecule has 108 valence electrons. The molecule has 0 saturated carbocycles. The van der Waals surface area contributed by atoms with Crippen molar-refractivity contribution in [1.82, 2.24) is 14.8 Å². The average molecular weight is 275 g/mol. The summed E-state index contributed by atoms with van der Waals surface area (Å²) >= 11 is 0. The second kappa shape index (κ2) is 5.25. The summed E-state index contributed by atoms with van der Waals surface area (Å²) in [6, 6.07) is 1.46. The zero-order chi connectivity index (χ0) is 14.9. The highest BCUT2D eigenvalue weighted by Gasteiger charge is 2.33. The summed E-state index contributed by atoms with van der Waals surface area (Å²) in [7, 11) is 1.64. The summed E-state index contributed by atoms with van der Waals surface area (Å²) < 4.78 is 7.17. The Balaban J connectivity index is 2.62. The molecule has 2 rings (SSSR count). The van der Waals surface area contributed by atoms with Gasteiger partial charge in [-0.2, -0.15) is 5.10 Å². The Morgan fingerprint density at radius 1 is 1.35 bits per heavy atom. The molecule has 0 fully saturated rings. The van der Waals surface area contributed by atoms with Crippen molar-refractivity contribution in [1.29, 1.82) is 0 Å². The lowest BCUT2D eigenvalue weighted by Crippen LogP contribution is -2.35. The van der Waals surface area contributed by atoms with Gasteiger partial charge in [0.05, 0.1) is 18.4 Å². The zero-order valence-corrected chi connectivity index (χ0v) is 12.6. The van der Waals surface area contributed by atoms with Crippen molar-refractivity contribution in [2.24, 2.45) is 0 Å². The summed E-state index contributed by atoms with van der Waals surface area (Å²) in [5.41, 5.74) is 1.67. The number of aryl methyl sites for hydroxylation is 1. The highest BCUT2D eigenvalue weighted by atomic mass is 16.5. The molecule has 0 aliphatic rings. The van der Waals surface area contributed by atoms with E-state index in [1.54, 1.807) is 38.0 Å². The first-order valence-electron chi connectivity index (χ1n) is 6.58. The zero-order valence-electron chi connectivity index (χ0n) is 12.6. The SMILES string of the molecule is COc1c(C)cnc(C(n2cccn2)C(C)(C)O)c1C. The van der Waals surface area contributed by atoms with Gasteiger partial charge in [-0.3, -0.25) is 9.67 Å². The number of aromatic nitrogens is 3. The molecule has 0 radical (unpaired) electrons. The van der Waals surface area contributed by atoms with Crippen LogP contribution in [0.1, 0.15) is 36.7 Å². The molecule has 20 heavy (non-hydrogen) atoms. The molecule has 2 aromatic heterocycles. The molecule has 5 heteroatoms. The minimum Gasteiger partial charge on any atom is -0.496 e. The van der Waals surface area contributed by atoms with Gasteiger partial charge in [0, 0.05) is 29.7 Å². The van der Waals surface area contributed by atoms with E-state index in [4.69, 9.17) is 4.74 Å². The van der Waals surface area contributed by atoms with E-state index in [-0.39, 0.29) is 6.04 Å². The van der Waals surface area contributed by atoms with Gasteiger partial charge >= 0.3 is 0 Å². The molecular weight excluding hydrogens is 254 g/mol. The largest absolute Gasteiger partial charge is 0.496 e. The Morgan fingerprint density at radius 2 is 2.05 bits per heavy atom. The van der Waals surface area contributed by atoms with Crippen LogP contribution >= 0.6 is 0 Å². The maximum Gasteiger partial charge on any atom is 0.128 e. The summed E-state index contributed by atoms with van der Waals surface area (Å²) in [5.74, 6) is 0.802. The van der Waals surface area contributed by atoms with Gasteiger partial charge in [0.2, 0.25) is 0 Å². The number of hydrogen-bond donors (Lipinski definition) is 1. The fourth-order valence-electron chi connectivity index (χ4n) is 2.54. The third kappa shape index (κ3) is 2.54. The highest BCUT2D eigenvalue weighted by Crippen LogP contribution is 2.34. The quantitative estimate of drug-likeness (QED) is 0.930. The predicted molar refractivity (Wildman–Crippen MR) is 76.9 cm³/mol. The molecule has 0 bridgehead atoms. The van der Waals surface area contributed by atoms with E-state index in [0.29, 0.717) is 0 Å². The molecule has 0 aromatic carbocycles. The second-order valence-electron chi connectivity index (χ2n) is 5.53. The van der Waals surface area contributed by atoms with Crippen molar-refractivity contribution in [3.63, 3.8) is 0 Å². The molecule has 0 saturated heterocycles. The molecule has 1 N–H and O–H groups in total. The topological polar surface area (TPSA) is 60.2 Å². The Morgan fingerprint density at radius 3 is 2.55 bits per heavy atom. The number of ether oxygens (including phenoxy) is 1. The van der Waals surface area contributed by atoms with Crippen LogP contribution < -0.4 is 4.74 Å². The van der Waals surface area contributed by atoms with Gasteiger partial charge in [0.1, 0.15) is 11.8 Å². The van der Waals surface area contributed by atoms with Crippen LogP contribution in [0.5, 0.6) is 5.75 Å². The van der Waals surface area contributed by atoms with Crippen molar-refractivity contribution in [2.75, 3.05) is 7.11 Å². The van der Waals surface area contributed by atoms with Crippen molar-refractivity contribution in [2.45, 2.75) is 39.3 Å². The van der Waals surface area contributed by atoms with Crippen LogP contribution in [0.3, 0.4) is 0 Å². The average Bonchev–Trinajstić information content (AvgIpc) is 2.85. The summed E-state index contributed by atoms with van der Waals surface area (Å²) in [6.45, 7) is 7.42. The van der Waals surface area contributed by atoms with E-state index in [1.165, 1.54) is 0 Å². The lowest BCUT2D eigenvalue weighted by molar-refractivity contribution is 0.0326. The fraction of sp³-hybridized carbons (Fsp3) is 0.467. The van der Waals surface area contributed by atoms with Crippen molar-refractivity contribution in [3.8, 4) is 5.75 Å². The molecule has 0 amide bonds. The molecule has 0 spiro atoms. The number of aliphatic hydroxyl groups is 1. The van der Waals surface area contributed by atoms with Crippen LogP contribution in [0.4, 0.5) is 0 Å². The fourth-order valence-corrected chi connectivity index (χ4v) is 2.54. The first-order valence-corrected chi connectivity index (χ1v) is 6.58. The smallest absolute Gasteiger partial charge is 0.128 e. The van der Waals surface area contributed by atoms with Crippen LogP contribution in [0.2, 0.25) is 0 Å². The van der Waals surface area contributed by atoms with Gasteiger partial charge in [-0.1, -0.05) is 0 Å². The lowest BCUT2D eigenvalue weighted by atomic mass is 9.92. The number of rotatable bonds is 4. The standard InChI is InChI=1S/C15H21N3O2/c1-10-9-16-12(11(2)13(10)20-5)14(15(3,4)19)18-8-6-7-17-18/h6-9,14,19H,1-5H3. The molecular formula is C15H21N3O2. The van der Waals surface area contributed by atoms with E-state index in [9.17, 15) is 5.11 Å². The van der Waals surface area contributed by atoms with Gasteiger partial charge < -0.3 is 9.84 Å². The van der Waals surface area contributed by atoms with Gasteiger partial charge in [0.15, 0.2) is 0 Å². The number of nitrogens with zero attached hydrogens (tertiary/aromatic N) is 3. The summed E-state index contributed by atoms with van der Waals surface area (Å²) in [5, 5.41) is 14.8. The molecule has 1 atom stereocenters. The molecule has 5 nitrogen and oxygen atoms in total. The van der Waals surface area contributed by atoms with Gasteiger partial charge in [-0.05, 0) is 33.8 Å². The van der Waals surface area contributed by atoms with Crippen LogP contribution in [0, 0.1) is 13.8 Å². The number of hydrogen-bond acceptors (Lipinski definition) is 4. The van der Waals surface area contributed by atoms with Gasteiger partial charge in [0.25, 0.3) is 0 Å². The third-order valence-corrected chi connectivity index (χ3v) is 3.40. The van der Waals surface area contributed by atoms with Crippen LogP contribution in [-0.2, 0) is 0 Å². The molecule has 2 aromatic rings. The summed E-state index contributed by atoms with van der Waals surface area (Å²) in [6.07, 6.45) is 5.29. The monoisotopic (exact) mass is 275 g/mol. The van der Waals surface area contributed by atoms with E-state index in [2.05, 4.69) is 10.1 Å². The van der Waals surface area contributed by atoms with Crippen LogP contribution in [0.15, 0.2) is 24.7 Å². The second-order valence-corrected chi connectivity index (χ2v) is 5.53. The maximum atomic E-state index is 10.5. The number of pyridine rings is 1. The Bertz CT molecular complexity index is 586. The first kappa shape index (κ1) is 14.5. The van der Waals surface area contributed by atoms with Crippen molar-refractivity contribution < 1.29 is 9.84 Å². The van der Waals surface area contributed by atoms with Crippen molar-refractivity contribution >= 4 is 0 Å². The van der Waals surface area contributed by atoms with Gasteiger partial charge in [-0.25, -0.2) is 0 Å². The normalized spacial score (nSPS) is 13.3. The highest BCUT2D eigenvalue weighted by molar-refractivity contribution is 5.42. The van der Waals surface area contributed by atoms with Crippen LogP contribution in [-0.4, -0.2) is 32.6 Å². The molecule has 0 aliphatic carbocycles. The number of methoxy groups -OCH3 is 1. The Labute approximate surface area is 119 Å². The van der Waals surface area contributed by atoms with Crippen molar-refractivity contribution in [3.05, 3.63) is 41.5 Å². The minimum atomic E-state index is -0.996. The summed E-state index contributed by atoms with van der Waals surface area (Å²) in [4.78, 5) is 4.51. The van der Waals surface area contributed by atoms with Crippen LogP contribution in [0.25, 0.3) is 0 Å². The van der Waals surface area contributed by atoms with Gasteiger partial charge in [-0.15, -0.1) is 0 Å². The van der Waals surface area contributed by atoms with E-state index in [0.717, 1.165) is 22.6 Å². The molecule has 1 unspecified atom stereocenters.